The van der Waals surface area contributed by atoms with E-state index in [0.717, 1.165) is 14.0 Å². The minimum atomic E-state index is -2.26. The van der Waals surface area contributed by atoms with Crippen molar-refractivity contribution < 1.29 is 18.7 Å². The molecule has 226 valence electrons. The van der Waals surface area contributed by atoms with E-state index in [1.807, 2.05) is 13.8 Å². The number of aryl methyl sites for hydroxylation is 1. The number of fused-ring (bicyclic) bond motifs is 1. The zero-order valence-electron chi connectivity index (χ0n) is 24.6. The lowest BCUT2D eigenvalue weighted by Crippen LogP contribution is -2.74. The van der Waals surface area contributed by atoms with Gasteiger partial charge in [-0.05, 0) is 42.7 Å². The molecular formula is C29H27B2Cl2F2N5O4. The molecule has 1 aromatic carbocycles. The van der Waals surface area contributed by atoms with Crippen LogP contribution in [0.15, 0.2) is 58.5 Å². The monoisotopic (exact) mass is 639 g/mol. The van der Waals surface area contributed by atoms with Gasteiger partial charge in [-0.15, -0.1) is 0 Å². The van der Waals surface area contributed by atoms with Crippen molar-refractivity contribution in [1.82, 2.24) is 24.0 Å². The van der Waals surface area contributed by atoms with E-state index >= 15 is 4.39 Å². The first-order chi connectivity index (χ1) is 20.5. The number of carbonyl (C=O) groups excluding carboxylic acids is 1. The molecule has 0 unspecified atom stereocenters. The maximum atomic E-state index is 16.6. The zero-order valence-corrected chi connectivity index (χ0v) is 26.1. The molecule has 4 heterocycles. The molecule has 0 radical (unpaired) electrons. The Bertz CT molecular complexity index is 1990. The number of rotatable bonds is 6. The number of hydrogen-bond acceptors (Lipinski definition) is 6. The number of phenols is 1. The van der Waals surface area contributed by atoms with Gasteiger partial charge >= 0.3 is 11.1 Å². The maximum absolute atomic E-state index is 16.6. The molecule has 1 amide bonds. The number of amides is 1. The summed E-state index contributed by atoms with van der Waals surface area (Å²) in [6, 6.07) is 7.49. The summed E-state index contributed by atoms with van der Waals surface area (Å²) >= 11 is 13.2. The molecular weight excluding hydrogens is 613 g/mol. The highest BCUT2D eigenvalue weighted by atomic mass is 35.5. The van der Waals surface area contributed by atoms with Gasteiger partial charge < -0.3 is 14.6 Å². The highest BCUT2D eigenvalue weighted by Crippen LogP contribution is 2.42. The molecule has 1 saturated heterocycles. The van der Waals surface area contributed by atoms with Crippen molar-refractivity contribution in [1.29, 1.82) is 0 Å². The van der Waals surface area contributed by atoms with E-state index in [-0.39, 0.29) is 44.1 Å². The van der Waals surface area contributed by atoms with Crippen LogP contribution >= 0.6 is 23.2 Å². The van der Waals surface area contributed by atoms with Crippen molar-refractivity contribution in [2.45, 2.75) is 37.7 Å². The first-order valence-corrected chi connectivity index (χ1v) is 14.4. The van der Waals surface area contributed by atoms with E-state index in [9.17, 15) is 23.9 Å². The third kappa shape index (κ3) is 4.73. The molecule has 3 aromatic heterocycles. The molecule has 1 aliphatic rings. The first kappa shape index (κ1) is 31.5. The molecule has 0 saturated carbocycles. The van der Waals surface area contributed by atoms with Crippen molar-refractivity contribution in [3.8, 4) is 22.7 Å². The minimum Gasteiger partial charge on any atom is -0.507 e. The van der Waals surface area contributed by atoms with E-state index < -0.39 is 46.9 Å². The Balaban J connectivity index is 1.90. The highest BCUT2D eigenvalue weighted by molar-refractivity contribution is 6.39. The van der Waals surface area contributed by atoms with E-state index in [1.165, 1.54) is 40.0 Å². The predicted molar refractivity (Wildman–Crippen MR) is 171 cm³/mol. The number of carbonyl (C=O) groups is 1. The first-order valence-electron chi connectivity index (χ1n) is 13.7. The van der Waals surface area contributed by atoms with Crippen molar-refractivity contribution in [2.24, 2.45) is 0 Å². The fourth-order valence-corrected chi connectivity index (χ4v) is 6.13. The average Bonchev–Trinajstić information content (AvgIpc) is 2.92. The molecule has 9 nitrogen and oxygen atoms in total. The van der Waals surface area contributed by atoms with E-state index in [4.69, 9.17) is 28.2 Å². The topological polar surface area (TPSA) is 110 Å². The smallest absolute Gasteiger partial charge is 0.322 e. The van der Waals surface area contributed by atoms with Crippen LogP contribution in [0, 0.1) is 6.92 Å². The lowest BCUT2D eigenvalue weighted by molar-refractivity contribution is -0.146. The standard InChI is InChI=1S/C29H27B2Cl2F2N5O4/c1-13(2)21-23(14(3)8-9-36-21)39-24-18(10-17(33)22(37-24)20-16(32)6-5-7-19(20)41)40(27(44)26(39)43)29(30,31)28(35)11-38(12-28)25(42)15(4)34/h5-10,13,41H,4,11-12,30-31H2,1-3H3. The fraction of sp³-hybridized carbons (Fsp3) is 0.276. The van der Waals surface area contributed by atoms with Crippen LogP contribution in [0.5, 0.6) is 5.75 Å². The second kappa shape index (κ2) is 10.9. The molecule has 4 aromatic rings. The van der Waals surface area contributed by atoms with Gasteiger partial charge in [-0.3, -0.25) is 23.9 Å². The van der Waals surface area contributed by atoms with Crippen LogP contribution < -0.4 is 11.1 Å². The number of benzene rings is 1. The average molecular weight is 640 g/mol. The fourth-order valence-electron chi connectivity index (χ4n) is 5.63. The highest BCUT2D eigenvalue weighted by Gasteiger charge is 2.57. The van der Waals surface area contributed by atoms with E-state index in [1.54, 1.807) is 19.2 Å². The largest absolute Gasteiger partial charge is 0.507 e. The third-order valence-electron chi connectivity index (χ3n) is 8.19. The number of halogens is 4. The van der Waals surface area contributed by atoms with Crippen LogP contribution in [-0.4, -0.2) is 69.5 Å². The molecule has 0 atom stereocenters. The van der Waals surface area contributed by atoms with Gasteiger partial charge in [0.1, 0.15) is 21.4 Å². The number of aromatic nitrogens is 4. The van der Waals surface area contributed by atoms with Crippen LogP contribution in [0.1, 0.15) is 31.0 Å². The van der Waals surface area contributed by atoms with Gasteiger partial charge in [0.2, 0.25) is 0 Å². The number of nitrogens with zero attached hydrogens (tertiary/aromatic N) is 5. The Morgan fingerprint density at radius 3 is 2.41 bits per heavy atom. The summed E-state index contributed by atoms with van der Waals surface area (Å²) in [6.45, 7) is 7.38. The number of likely N-dealkylation sites (tertiary alicyclic amines) is 1. The van der Waals surface area contributed by atoms with E-state index in [0.29, 0.717) is 16.9 Å². The summed E-state index contributed by atoms with van der Waals surface area (Å²) < 4.78 is 32.2. The maximum Gasteiger partial charge on any atom is 0.322 e. The number of alkyl halides is 1. The van der Waals surface area contributed by atoms with Crippen LogP contribution in [0.3, 0.4) is 0 Å². The van der Waals surface area contributed by atoms with Gasteiger partial charge in [0.25, 0.3) is 5.91 Å². The molecule has 0 spiro atoms. The van der Waals surface area contributed by atoms with E-state index in [2.05, 4.69) is 11.6 Å². The third-order valence-corrected chi connectivity index (χ3v) is 8.79. The van der Waals surface area contributed by atoms with Crippen LogP contribution in [0.2, 0.25) is 10.0 Å². The lowest BCUT2D eigenvalue weighted by atomic mass is 9.51. The van der Waals surface area contributed by atoms with Gasteiger partial charge in [0, 0.05) is 11.5 Å². The summed E-state index contributed by atoms with van der Waals surface area (Å²) in [5.41, 5.74) is -2.92. The number of pyridine rings is 2. The van der Waals surface area contributed by atoms with Crippen molar-refractivity contribution in [3.05, 3.63) is 90.9 Å². The van der Waals surface area contributed by atoms with Gasteiger partial charge in [-0.1, -0.05) is 49.7 Å². The summed E-state index contributed by atoms with van der Waals surface area (Å²) in [6.07, 6.45) is 1.59. The zero-order chi connectivity index (χ0) is 32.5. The van der Waals surface area contributed by atoms with Gasteiger partial charge in [-0.25, -0.2) is 13.8 Å². The van der Waals surface area contributed by atoms with Gasteiger partial charge in [-0.2, -0.15) is 0 Å². The van der Waals surface area contributed by atoms with Crippen molar-refractivity contribution in [3.63, 3.8) is 0 Å². The van der Waals surface area contributed by atoms with Gasteiger partial charge in [0.05, 0.1) is 51.3 Å². The predicted octanol–water partition coefficient (Wildman–Crippen LogP) is 2.96. The van der Waals surface area contributed by atoms with Crippen LogP contribution in [0.4, 0.5) is 8.78 Å². The second-order valence-electron chi connectivity index (χ2n) is 11.7. The van der Waals surface area contributed by atoms with Crippen LogP contribution in [0.25, 0.3) is 28.1 Å². The molecule has 5 rings (SSSR count). The summed E-state index contributed by atoms with van der Waals surface area (Å²) in [4.78, 5) is 50.4. The summed E-state index contributed by atoms with van der Waals surface area (Å²) in [7, 11) is 2.81. The SMILES string of the molecule is BC(B)(n1c(=O)c(=O)n(-c2c(C)ccnc2C(C)C)c2nc(-c3c(O)cccc3Cl)c(Cl)cc21)C1(F)CN(C(=O)C(=C)F)C1. The number of phenolic OH excluding ortho intramolecular Hbond substituents is 1. The molecule has 15 heteroatoms. The Morgan fingerprint density at radius 1 is 1.16 bits per heavy atom. The lowest BCUT2D eigenvalue weighted by Gasteiger charge is -2.53. The van der Waals surface area contributed by atoms with Crippen molar-refractivity contribution >= 4 is 56.0 Å². The quantitative estimate of drug-likeness (QED) is 0.197. The molecule has 0 aliphatic carbocycles. The number of aromatic hydroxyl groups is 1. The normalized spacial score (nSPS) is 14.6. The molecule has 1 fully saturated rings. The Labute approximate surface area is 262 Å². The van der Waals surface area contributed by atoms with Crippen molar-refractivity contribution in [2.75, 3.05) is 13.1 Å². The molecule has 0 bridgehead atoms. The molecule has 1 aliphatic heterocycles. The minimum absolute atomic E-state index is 0.00504. The Hall–Kier alpha value is -3.96. The van der Waals surface area contributed by atoms with Gasteiger partial charge in [0.15, 0.2) is 17.1 Å². The Kier molecular flexibility index (Phi) is 7.78. The second-order valence-corrected chi connectivity index (χ2v) is 12.5. The van der Waals surface area contributed by atoms with Crippen LogP contribution in [-0.2, 0) is 10.1 Å². The summed E-state index contributed by atoms with van der Waals surface area (Å²) in [5.74, 6) is -2.72. The Morgan fingerprint density at radius 2 is 1.82 bits per heavy atom. The summed E-state index contributed by atoms with van der Waals surface area (Å²) in [5, 5.41) is 9.01. The molecule has 1 N–H and O–H groups in total. The molecule has 44 heavy (non-hydrogen) atoms. The number of hydrogen-bond donors (Lipinski definition) is 1.